The molecular weight excluding hydrogens is 318 g/mol. The van der Waals surface area contributed by atoms with Crippen molar-refractivity contribution in [3.63, 3.8) is 0 Å². The summed E-state index contributed by atoms with van der Waals surface area (Å²) >= 11 is 0. The number of rotatable bonds is 5. The Morgan fingerprint density at radius 3 is 2.70 bits per heavy atom. The van der Waals surface area contributed by atoms with E-state index in [9.17, 15) is 8.42 Å². The number of nitrogens with zero attached hydrogens (tertiary/aromatic N) is 2. The fourth-order valence-electron chi connectivity index (χ4n) is 2.16. The number of aromatic nitrogens is 2. The lowest BCUT2D eigenvalue weighted by Gasteiger charge is -2.08. The van der Waals surface area contributed by atoms with Gasteiger partial charge in [0.15, 0.2) is 0 Å². The van der Waals surface area contributed by atoms with Crippen molar-refractivity contribution in [2.24, 2.45) is 0 Å². The first-order chi connectivity index (χ1) is 11.0. The maximum absolute atomic E-state index is 12.4. The minimum atomic E-state index is -3.79. The molecule has 1 aromatic carbocycles. The predicted octanol–water partition coefficient (Wildman–Crippen LogP) is 3.00. The molecule has 120 valence electrons. The summed E-state index contributed by atoms with van der Waals surface area (Å²) in [5.74, 6) is 0.932. The van der Waals surface area contributed by atoms with E-state index in [4.69, 9.17) is 8.83 Å². The number of benzene rings is 1. The molecule has 0 unspecified atom stereocenters. The van der Waals surface area contributed by atoms with Crippen LogP contribution in [0.25, 0.3) is 11.5 Å². The van der Waals surface area contributed by atoms with Crippen LogP contribution in [0.4, 0.5) is 5.69 Å². The van der Waals surface area contributed by atoms with Gasteiger partial charge in [0.2, 0.25) is 17.4 Å². The van der Waals surface area contributed by atoms with Crippen LogP contribution >= 0.6 is 0 Å². The Balaban J connectivity index is 1.93. The smallest absolute Gasteiger partial charge is 0.295 e. The molecule has 3 aromatic rings. The molecule has 0 aliphatic carbocycles. The topological polar surface area (TPSA) is 98.2 Å². The summed E-state index contributed by atoms with van der Waals surface area (Å²) in [7, 11) is -3.79. The molecule has 8 heteroatoms. The summed E-state index contributed by atoms with van der Waals surface area (Å²) < 4.78 is 37.7. The van der Waals surface area contributed by atoms with E-state index in [0.29, 0.717) is 29.3 Å². The van der Waals surface area contributed by atoms with E-state index in [-0.39, 0.29) is 5.09 Å². The van der Waals surface area contributed by atoms with Crippen molar-refractivity contribution >= 4 is 15.7 Å². The van der Waals surface area contributed by atoms with Crippen LogP contribution in [0, 0.1) is 6.92 Å². The normalized spacial score (nSPS) is 11.6. The predicted molar refractivity (Wildman–Crippen MR) is 83.4 cm³/mol. The second-order valence-corrected chi connectivity index (χ2v) is 6.62. The molecule has 0 saturated heterocycles. The summed E-state index contributed by atoms with van der Waals surface area (Å²) in [6, 6.07) is 8.25. The molecule has 0 fully saturated rings. The molecular formula is C15H15N3O4S. The Kier molecular flexibility index (Phi) is 3.91. The average Bonchev–Trinajstić information content (AvgIpc) is 3.18. The van der Waals surface area contributed by atoms with E-state index >= 15 is 0 Å². The van der Waals surface area contributed by atoms with Gasteiger partial charge >= 0.3 is 0 Å². The van der Waals surface area contributed by atoms with Crippen LogP contribution < -0.4 is 4.72 Å². The van der Waals surface area contributed by atoms with Gasteiger partial charge in [-0.05, 0) is 42.8 Å². The maximum Gasteiger partial charge on any atom is 0.295 e. The standard InChI is InChI=1S/C15H15N3O4S/c1-3-13-4-5-14(22-13)23(19,20)18-12-7-10(2)6-11(8-12)15-17-16-9-21-15/h4-9,18H,3H2,1-2H3. The van der Waals surface area contributed by atoms with Crippen molar-refractivity contribution in [1.82, 2.24) is 10.2 Å². The van der Waals surface area contributed by atoms with Crippen LogP contribution in [-0.2, 0) is 16.4 Å². The number of furan rings is 1. The van der Waals surface area contributed by atoms with Crippen molar-refractivity contribution in [3.05, 3.63) is 48.0 Å². The third-order valence-corrected chi connectivity index (χ3v) is 4.44. The SMILES string of the molecule is CCc1ccc(S(=O)(=O)Nc2cc(C)cc(-c3nnco3)c2)o1. The van der Waals surface area contributed by atoms with Crippen LogP contribution in [0.2, 0.25) is 0 Å². The highest BCUT2D eigenvalue weighted by Gasteiger charge is 2.19. The van der Waals surface area contributed by atoms with Gasteiger partial charge in [0, 0.05) is 17.7 Å². The minimum absolute atomic E-state index is 0.116. The van der Waals surface area contributed by atoms with Gasteiger partial charge in [-0.1, -0.05) is 6.92 Å². The van der Waals surface area contributed by atoms with Crippen molar-refractivity contribution in [2.75, 3.05) is 4.72 Å². The number of aryl methyl sites for hydroxylation is 2. The molecule has 0 aliphatic heterocycles. The second-order valence-electron chi connectivity index (χ2n) is 5.01. The highest BCUT2D eigenvalue weighted by atomic mass is 32.2. The van der Waals surface area contributed by atoms with Crippen molar-refractivity contribution < 1.29 is 17.3 Å². The third kappa shape index (κ3) is 3.26. The lowest BCUT2D eigenvalue weighted by molar-refractivity contribution is 0.419. The fourth-order valence-corrected chi connectivity index (χ4v) is 3.16. The molecule has 2 aromatic heterocycles. The first-order valence-corrected chi connectivity index (χ1v) is 8.46. The van der Waals surface area contributed by atoms with Crippen LogP contribution in [-0.4, -0.2) is 18.6 Å². The second kappa shape index (κ2) is 5.88. The Bertz CT molecular complexity index is 914. The van der Waals surface area contributed by atoms with Gasteiger partial charge in [0.25, 0.3) is 10.0 Å². The summed E-state index contributed by atoms with van der Waals surface area (Å²) in [5, 5.41) is 7.33. The Morgan fingerprint density at radius 1 is 1.22 bits per heavy atom. The molecule has 7 nitrogen and oxygen atoms in total. The molecule has 0 spiro atoms. The largest absolute Gasteiger partial charge is 0.448 e. The van der Waals surface area contributed by atoms with Gasteiger partial charge < -0.3 is 8.83 Å². The van der Waals surface area contributed by atoms with Gasteiger partial charge in [-0.3, -0.25) is 4.72 Å². The van der Waals surface area contributed by atoms with Crippen LogP contribution in [0.5, 0.6) is 0 Å². The maximum atomic E-state index is 12.4. The average molecular weight is 333 g/mol. The monoisotopic (exact) mass is 333 g/mol. The minimum Gasteiger partial charge on any atom is -0.448 e. The first-order valence-electron chi connectivity index (χ1n) is 6.97. The summed E-state index contributed by atoms with van der Waals surface area (Å²) in [5.41, 5.74) is 1.88. The molecule has 23 heavy (non-hydrogen) atoms. The summed E-state index contributed by atoms with van der Waals surface area (Å²) in [4.78, 5) is 0. The summed E-state index contributed by atoms with van der Waals surface area (Å²) in [6.07, 6.45) is 1.85. The number of hydrogen-bond donors (Lipinski definition) is 1. The molecule has 0 amide bonds. The summed E-state index contributed by atoms with van der Waals surface area (Å²) in [6.45, 7) is 3.74. The van der Waals surface area contributed by atoms with Gasteiger partial charge in [0.1, 0.15) is 5.76 Å². The van der Waals surface area contributed by atoms with Crippen LogP contribution in [0.15, 0.2) is 50.7 Å². The number of sulfonamides is 1. The van der Waals surface area contributed by atoms with Gasteiger partial charge in [-0.25, -0.2) is 0 Å². The lowest BCUT2D eigenvalue weighted by atomic mass is 10.1. The molecule has 0 atom stereocenters. The van der Waals surface area contributed by atoms with Gasteiger partial charge in [-0.15, -0.1) is 10.2 Å². The van der Waals surface area contributed by atoms with Crippen molar-refractivity contribution in [3.8, 4) is 11.5 Å². The zero-order valence-electron chi connectivity index (χ0n) is 12.6. The van der Waals surface area contributed by atoms with E-state index in [1.807, 2.05) is 19.9 Å². The Labute approximate surface area is 133 Å². The van der Waals surface area contributed by atoms with Crippen molar-refractivity contribution in [2.45, 2.75) is 25.4 Å². The quantitative estimate of drug-likeness (QED) is 0.770. The molecule has 3 rings (SSSR count). The highest BCUT2D eigenvalue weighted by Crippen LogP contribution is 2.25. The zero-order valence-corrected chi connectivity index (χ0v) is 13.4. The van der Waals surface area contributed by atoms with E-state index in [1.54, 1.807) is 18.2 Å². The third-order valence-electron chi connectivity index (χ3n) is 3.19. The molecule has 0 saturated carbocycles. The van der Waals surface area contributed by atoms with Gasteiger partial charge in [0.05, 0.1) is 0 Å². The first kappa shape index (κ1) is 15.3. The van der Waals surface area contributed by atoms with Crippen molar-refractivity contribution in [1.29, 1.82) is 0 Å². The number of hydrogen-bond acceptors (Lipinski definition) is 6. The fraction of sp³-hybridized carbons (Fsp3) is 0.200. The molecule has 0 radical (unpaired) electrons. The number of nitrogens with one attached hydrogen (secondary N) is 1. The molecule has 0 aliphatic rings. The zero-order chi connectivity index (χ0) is 16.4. The van der Waals surface area contributed by atoms with E-state index < -0.39 is 10.0 Å². The Morgan fingerprint density at radius 2 is 2.04 bits per heavy atom. The molecule has 0 bridgehead atoms. The van der Waals surface area contributed by atoms with E-state index in [0.717, 1.165) is 5.56 Å². The Hall–Kier alpha value is -2.61. The van der Waals surface area contributed by atoms with Crippen LogP contribution in [0.3, 0.4) is 0 Å². The number of anilines is 1. The van der Waals surface area contributed by atoms with E-state index in [1.165, 1.54) is 12.5 Å². The van der Waals surface area contributed by atoms with Gasteiger partial charge in [-0.2, -0.15) is 8.42 Å². The molecule has 1 N–H and O–H groups in total. The lowest BCUT2D eigenvalue weighted by Crippen LogP contribution is -2.12. The molecule has 2 heterocycles. The van der Waals surface area contributed by atoms with Crippen LogP contribution in [0.1, 0.15) is 18.2 Å². The highest BCUT2D eigenvalue weighted by molar-refractivity contribution is 7.92. The van der Waals surface area contributed by atoms with E-state index in [2.05, 4.69) is 14.9 Å².